The van der Waals surface area contributed by atoms with Gasteiger partial charge in [-0.2, -0.15) is 0 Å². The van der Waals surface area contributed by atoms with E-state index in [1.165, 1.54) is 11.1 Å². The minimum Gasteiger partial charge on any atom is -0.147 e. The summed E-state index contributed by atoms with van der Waals surface area (Å²) in [6.45, 7) is 0. The molecule has 164 valence electrons. The average Bonchev–Trinajstić information content (AvgIpc) is 2.82. The molecule has 2 unspecified atom stereocenters. The van der Waals surface area contributed by atoms with Crippen LogP contribution < -0.4 is 10.6 Å². The van der Waals surface area contributed by atoms with Crippen molar-refractivity contribution in [1.82, 2.24) is 0 Å². The van der Waals surface area contributed by atoms with Crippen LogP contribution in [-0.2, 0) is 12.3 Å². The summed E-state index contributed by atoms with van der Waals surface area (Å²) in [7, 11) is -1.60. The highest BCUT2D eigenvalue weighted by Gasteiger charge is 2.14. The summed E-state index contributed by atoms with van der Waals surface area (Å²) in [6.07, 6.45) is 1.69. The van der Waals surface area contributed by atoms with Crippen LogP contribution in [0, 0.1) is 10.3 Å². The SMILES string of the molecule is Cl.Cl.N=[P+](Cc1ccccc1)c1ccccc1.N=[P+](Cc1ccccc1)c1ccccc1. The molecule has 0 saturated heterocycles. The smallest absolute Gasteiger partial charge is 0.147 e. The highest BCUT2D eigenvalue weighted by molar-refractivity contribution is 7.54. The highest BCUT2D eigenvalue weighted by atomic mass is 35.5. The minimum absolute atomic E-state index is 0. The third kappa shape index (κ3) is 9.43. The summed E-state index contributed by atoms with van der Waals surface area (Å²) < 4.78 is 0. The van der Waals surface area contributed by atoms with E-state index in [2.05, 4.69) is 24.3 Å². The van der Waals surface area contributed by atoms with Crippen molar-refractivity contribution in [3.8, 4) is 0 Å². The lowest BCUT2D eigenvalue weighted by atomic mass is 10.2. The van der Waals surface area contributed by atoms with Crippen LogP contribution in [-0.4, -0.2) is 0 Å². The molecule has 4 rings (SSSR count). The van der Waals surface area contributed by atoms with E-state index in [4.69, 9.17) is 10.3 Å². The minimum atomic E-state index is -0.802. The molecule has 0 saturated carbocycles. The highest BCUT2D eigenvalue weighted by Crippen LogP contribution is 2.27. The molecule has 4 aromatic carbocycles. The molecule has 2 nitrogen and oxygen atoms in total. The fourth-order valence-corrected chi connectivity index (χ4v) is 5.51. The Morgan fingerprint density at radius 3 is 0.938 bits per heavy atom. The standard InChI is InChI=1S/2C13H13NP.2ClH/c2*14-15(13-9-5-2-6-10-13)11-12-7-3-1-4-8-12;;/h2*1-10,14H,11H2;2*1H/q2*+1;;. The fraction of sp³-hybridized carbons (Fsp3) is 0.0769. The molecular formula is C26H28Cl2N2P2+2. The average molecular weight is 501 g/mol. The van der Waals surface area contributed by atoms with E-state index >= 15 is 0 Å². The van der Waals surface area contributed by atoms with E-state index in [0.29, 0.717) is 0 Å². The maximum absolute atomic E-state index is 8.12. The predicted octanol–water partition coefficient (Wildman–Crippen LogP) is 8.36. The van der Waals surface area contributed by atoms with Crippen LogP contribution in [0.5, 0.6) is 0 Å². The Morgan fingerprint density at radius 1 is 0.406 bits per heavy atom. The summed E-state index contributed by atoms with van der Waals surface area (Å²) in [4.78, 5) is 0. The molecule has 0 amide bonds. The van der Waals surface area contributed by atoms with E-state index < -0.39 is 15.4 Å². The Hall–Kier alpha value is -2.34. The van der Waals surface area contributed by atoms with Crippen molar-refractivity contribution >= 4 is 50.9 Å². The van der Waals surface area contributed by atoms with E-state index in [9.17, 15) is 0 Å². The van der Waals surface area contributed by atoms with Gasteiger partial charge in [0.1, 0.15) is 0 Å². The van der Waals surface area contributed by atoms with Crippen molar-refractivity contribution in [3.63, 3.8) is 0 Å². The van der Waals surface area contributed by atoms with Gasteiger partial charge in [-0.15, -0.1) is 35.1 Å². The van der Waals surface area contributed by atoms with Gasteiger partial charge in [0, 0.05) is 0 Å². The predicted molar refractivity (Wildman–Crippen MR) is 146 cm³/mol. The van der Waals surface area contributed by atoms with Gasteiger partial charge in [0.05, 0.1) is 0 Å². The van der Waals surface area contributed by atoms with Gasteiger partial charge in [0.15, 0.2) is 22.9 Å². The first-order valence-electron chi connectivity index (χ1n) is 9.88. The Labute approximate surface area is 205 Å². The molecule has 2 N–H and O–H groups in total. The second kappa shape index (κ2) is 15.5. The van der Waals surface area contributed by atoms with Crippen molar-refractivity contribution < 1.29 is 0 Å². The normalized spacial score (nSPS) is 10.4. The van der Waals surface area contributed by atoms with Crippen LogP contribution in [0.1, 0.15) is 11.1 Å². The van der Waals surface area contributed by atoms with Gasteiger partial charge in [-0.3, -0.25) is 0 Å². The molecule has 0 aliphatic heterocycles. The lowest BCUT2D eigenvalue weighted by molar-refractivity contribution is 1.38. The van der Waals surface area contributed by atoms with Gasteiger partial charge >= 0.3 is 0 Å². The van der Waals surface area contributed by atoms with Crippen molar-refractivity contribution in [1.29, 1.82) is 10.3 Å². The molecule has 32 heavy (non-hydrogen) atoms. The Morgan fingerprint density at radius 2 is 0.656 bits per heavy atom. The molecule has 4 aromatic rings. The van der Waals surface area contributed by atoms with E-state index in [1.54, 1.807) is 0 Å². The topological polar surface area (TPSA) is 47.7 Å². The molecule has 0 bridgehead atoms. The van der Waals surface area contributed by atoms with Crippen LogP contribution >= 0.6 is 40.2 Å². The van der Waals surface area contributed by atoms with Gasteiger partial charge < -0.3 is 0 Å². The number of benzene rings is 4. The quantitative estimate of drug-likeness (QED) is 0.250. The zero-order valence-electron chi connectivity index (χ0n) is 17.7. The van der Waals surface area contributed by atoms with Crippen molar-refractivity contribution in [2.45, 2.75) is 12.3 Å². The first-order chi connectivity index (χ1) is 14.7. The number of halogens is 2. The number of hydrogen-bond acceptors (Lipinski definition) is 2. The summed E-state index contributed by atoms with van der Waals surface area (Å²) in [5.41, 5.74) is 2.50. The number of rotatable bonds is 6. The Kier molecular flexibility index (Phi) is 13.4. The van der Waals surface area contributed by atoms with Gasteiger partial charge in [-0.1, -0.05) is 97.1 Å². The van der Waals surface area contributed by atoms with Gasteiger partial charge in [-0.05, 0) is 35.4 Å². The molecule has 0 aliphatic carbocycles. The van der Waals surface area contributed by atoms with Crippen LogP contribution in [0.4, 0.5) is 0 Å². The summed E-state index contributed by atoms with van der Waals surface area (Å²) in [6, 6.07) is 40.7. The summed E-state index contributed by atoms with van der Waals surface area (Å²) in [5, 5.41) is 18.5. The van der Waals surface area contributed by atoms with Gasteiger partial charge in [0.2, 0.25) is 15.4 Å². The fourth-order valence-electron chi connectivity index (χ4n) is 2.93. The summed E-state index contributed by atoms with van der Waals surface area (Å²) >= 11 is 0. The largest absolute Gasteiger partial charge is 0.239 e. The first-order valence-corrected chi connectivity index (χ1v) is 12.9. The van der Waals surface area contributed by atoms with E-state index in [1.807, 2.05) is 97.1 Å². The maximum Gasteiger partial charge on any atom is 0.239 e. The molecule has 0 spiro atoms. The third-order valence-electron chi connectivity index (χ3n) is 4.50. The Bertz CT molecular complexity index is 973. The molecular weight excluding hydrogens is 473 g/mol. The molecule has 6 heteroatoms. The molecule has 0 radical (unpaired) electrons. The number of hydrogen-bond donors (Lipinski definition) is 2. The second-order valence-electron chi connectivity index (χ2n) is 6.81. The van der Waals surface area contributed by atoms with E-state index in [0.717, 1.165) is 22.9 Å². The third-order valence-corrected chi connectivity index (χ3v) is 7.71. The van der Waals surface area contributed by atoms with Gasteiger partial charge in [-0.25, -0.2) is 0 Å². The molecule has 0 heterocycles. The molecule has 2 atom stereocenters. The molecule has 0 aliphatic rings. The Balaban J connectivity index is 0.000000301. The zero-order chi connectivity index (χ0) is 21.0. The monoisotopic (exact) mass is 500 g/mol. The maximum atomic E-state index is 8.12. The van der Waals surface area contributed by atoms with Crippen LogP contribution in [0.15, 0.2) is 121 Å². The lowest BCUT2D eigenvalue weighted by Gasteiger charge is -1.93. The zero-order valence-corrected chi connectivity index (χ0v) is 21.1. The lowest BCUT2D eigenvalue weighted by Crippen LogP contribution is -1.95. The first kappa shape index (κ1) is 27.7. The number of nitrogens with one attached hydrogen (secondary N) is 2. The van der Waals surface area contributed by atoms with Crippen LogP contribution in [0.25, 0.3) is 0 Å². The van der Waals surface area contributed by atoms with Crippen molar-refractivity contribution in [3.05, 3.63) is 132 Å². The van der Waals surface area contributed by atoms with Crippen LogP contribution in [0.2, 0.25) is 0 Å². The van der Waals surface area contributed by atoms with Crippen molar-refractivity contribution in [2.24, 2.45) is 0 Å². The van der Waals surface area contributed by atoms with Crippen molar-refractivity contribution in [2.75, 3.05) is 0 Å². The molecule has 0 fully saturated rings. The van der Waals surface area contributed by atoms with Crippen LogP contribution in [0.3, 0.4) is 0 Å². The second-order valence-corrected chi connectivity index (χ2v) is 10.2. The molecule has 0 aromatic heterocycles. The van der Waals surface area contributed by atoms with E-state index in [-0.39, 0.29) is 24.8 Å². The summed E-state index contributed by atoms with van der Waals surface area (Å²) in [5.74, 6) is 0. The van der Waals surface area contributed by atoms with Gasteiger partial charge in [0.25, 0.3) is 0 Å².